The molecular formula is C18H24N6O. The largest absolute Gasteiger partial charge is 0.333 e. The van der Waals surface area contributed by atoms with Gasteiger partial charge in [-0.3, -0.25) is 4.79 Å². The number of hydrogen-bond donors (Lipinski definition) is 0. The van der Waals surface area contributed by atoms with Gasteiger partial charge in [0, 0.05) is 44.7 Å². The number of nitrogens with zero attached hydrogens (tertiary/aromatic N) is 6. The van der Waals surface area contributed by atoms with E-state index >= 15 is 0 Å². The SMILES string of the molecule is C#CCCC1(CCC(=O)N2CCn3c(nnc3C3CCCC3)C2)N=N1. The molecule has 1 saturated carbocycles. The van der Waals surface area contributed by atoms with Crippen LogP contribution in [0.2, 0.25) is 0 Å². The number of fused-ring (bicyclic) bond motifs is 1. The van der Waals surface area contributed by atoms with Crippen LogP contribution in [0.3, 0.4) is 0 Å². The standard InChI is InChI=1S/C18H24N6O/c1-2-3-9-18(21-22-18)10-8-16(25)23-11-12-24-15(13-23)19-20-17(24)14-6-4-5-7-14/h1,14H,3-13H2. The van der Waals surface area contributed by atoms with Crippen molar-refractivity contribution in [1.82, 2.24) is 19.7 Å². The van der Waals surface area contributed by atoms with Crippen molar-refractivity contribution in [3.05, 3.63) is 11.6 Å². The lowest BCUT2D eigenvalue weighted by Crippen LogP contribution is -2.39. The molecule has 3 heterocycles. The van der Waals surface area contributed by atoms with Crippen LogP contribution in [0.4, 0.5) is 0 Å². The van der Waals surface area contributed by atoms with E-state index in [4.69, 9.17) is 6.42 Å². The molecular weight excluding hydrogens is 316 g/mol. The van der Waals surface area contributed by atoms with Crippen LogP contribution in [0, 0.1) is 12.3 Å². The second-order valence-corrected chi connectivity index (χ2v) is 7.31. The van der Waals surface area contributed by atoms with Gasteiger partial charge >= 0.3 is 0 Å². The number of rotatable bonds is 6. The third-order valence-corrected chi connectivity index (χ3v) is 5.65. The molecule has 25 heavy (non-hydrogen) atoms. The van der Waals surface area contributed by atoms with E-state index in [1.807, 2.05) is 4.90 Å². The van der Waals surface area contributed by atoms with Gasteiger partial charge in [0.25, 0.3) is 0 Å². The maximum Gasteiger partial charge on any atom is 0.223 e. The van der Waals surface area contributed by atoms with Gasteiger partial charge in [0.2, 0.25) is 5.91 Å². The average Bonchev–Trinajstić information content (AvgIpc) is 3.02. The summed E-state index contributed by atoms with van der Waals surface area (Å²) in [6.07, 6.45) is 12.8. The molecule has 1 amide bonds. The minimum atomic E-state index is -0.381. The monoisotopic (exact) mass is 340 g/mol. The van der Waals surface area contributed by atoms with E-state index in [1.165, 1.54) is 25.7 Å². The Morgan fingerprint density at radius 1 is 1.20 bits per heavy atom. The Morgan fingerprint density at radius 2 is 2.00 bits per heavy atom. The Hall–Kier alpha value is -2.23. The van der Waals surface area contributed by atoms with Crippen molar-refractivity contribution in [3.8, 4) is 12.3 Å². The zero-order chi connectivity index (χ0) is 17.3. The summed E-state index contributed by atoms with van der Waals surface area (Å²) in [5.74, 6) is 5.37. The summed E-state index contributed by atoms with van der Waals surface area (Å²) in [6, 6.07) is 0. The van der Waals surface area contributed by atoms with Crippen molar-refractivity contribution in [2.24, 2.45) is 10.2 Å². The molecule has 0 N–H and O–H groups in total. The molecule has 0 aromatic carbocycles. The first-order chi connectivity index (χ1) is 12.2. The summed E-state index contributed by atoms with van der Waals surface area (Å²) in [6.45, 7) is 2.09. The first-order valence-electron chi connectivity index (χ1n) is 9.28. The van der Waals surface area contributed by atoms with Gasteiger partial charge in [-0.25, -0.2) is 0 Å². The number of aromatic nitrogens is 3. The number of carbonyl (C=O) groups excluding carboxylic acids is 1. The van der Waals surface area contributed by atoms with E-state index in [0.717, 1.165) is 31.2 Å². The molecule has 0 atom stereocenters. The van der Waals surface area contributed by atoms with Crippen molar-refractivity contribution in [2.45, 2.75) is 76.0 Å². The highest BCUT2D eigenvalue weighted by Crippen LogP contribution is 2.38. The highest BCUT2D eigenvalue weighted by Gasteiger charge is 2.40. The van der Waals surface area contributed by atoms with Crippen LogP contribution in [-0.2, 0) is 17.9 Å². The zero-order valence-electron chi connectivity index (χ0n) is 14.5. The van der Waals surface area contributed by atoms with Crippen molar-refractivity contribution < 1.29 is 4.79 Å². The van der Waals surface area contributed by atoms with Gasteiger partial charge in [-0.2, -0.15) is 10.2 Å². The van der Waals surface area contributed by atoms with Crippen molar-refractivity contribution >= 4 is 5.91 Å². The summed E-state index contributed by atoms with van der Waals surface area (Å²) < 4.78 is 2.24. The Labute approximate surface area is 147 Å². The molecule has 4 rings (SSSR count). The van der Waals surface area contributed by atoms with Crippen molar-refractivity contribution in [3.63, 3.8) is 0 Å². The van der Waals surface area contributed by atoms with E-state index in [-0.39, 0.29) is 11.6 Å². The van der Waals surface area contributed by atoms with Gasteiger partial charge < -0.3 is 9.47 Å². The molecule has 2 aliphatic heterocycles. The van der Waals surface area contributed by atoms with Crippen LogP contribution >= 0.6 is 0 Å². The molecule has 132 valence electrons. The van der Waals surface area contributed by atoms with Crippen LogP contribution < -0.4 is 0 Å². The second-order valence-electron chi connectivity index (χ2n) is 7.31. The summed E-state index contributed by atoms with van der Waals surface area (Å²) >= 11 is 0. The summed E-state index contributed by atoms with van der Waals surface area (Å²) in [7, 11) is 0. The predicted molar refractivity (Wildman–Crippen MR) is 91.5 cm³/mol. The maximum atomic E-state index is 12.6. The van der Waals surface area contributed by atoms with Crippen molar-refractivity contribution in [2.75, 3.05) is 6.54 Å². The summed E-state index contributed by atoms with van der Waals surface area (Å²) in [5, 5.41) is 17.0. The van der Waals surface area contributed by atoms with Gasteiger partial charge in [0.1, 0.15) is 5.82 Å². The number of terminal acetylenes is 1. The lowest BCUT2D eigenvalue weighted by Gasteiger charge is -2.28. The van der Waals surface area contributed by atoms with Crippen LogP contribution in [0.5, 0.6) is 0 Å². The number of amides is 1. The van der Waals surface area contributed by atoms with E-state index in [9.17, 15) is 4.79 Å². The van der Waals surface area contributed by atoms with Gasteiger partial charge in [0.05, 0.1) is 6.54 Å². The fourth-order valence-corrected chi connectivity index (χ4v) is 4.01. The maximum absolute atomic E-state index is 12.6. The van der Waals surface area contributed by atoms with E-state index in [2.05, 4.69) is 30.9 Å². The lowest BCUT2D eigenvalue weighted by atomic mass is 10.0. The highest BCUT2D eigenvalue weighted by molar-refractivity contribution is 5.76. The van der Waals surface area contributed by atoms with E-state index < -0.39 is 0 Å². The zero-order valence-corrected chi connectivity index (χ0v) is 14.5. The Bertz CT molecular complexity index is 718. The molecule has 1 fully saturated rings. The van der Waals surface area contributed by atoms with Gasteiger partial charge in [-0.15, -0.1) is 22.5 Å². The van der Waals surface area contributed by atoms with Crippen LogP contribution in [0.25, 0.3) is 0 Å². The van der Waals surface area contributed by atoms with E-state index in [1.54, 1.807) is 0 Å². The van der Waals surface area contributed by atoms with Crippen molar-refractivity contribution in [1.29, 1.82) is 0 Å². The highest BCUT2D eigenvalue weighted by atomic mass is 16.2. The quantitative estimate of drug-likeness (QED) is 0.747. The minimum absolute atomic E-state index is 0.147. The molecule has 0 unspecified atom stereocenters. The topological polar surface area (TPSA) is 75.7 Å². The molecule has 0 bridgehead atoms. The van der Waals surface area contributed by atoms with Gasteiger partial charge in [-0.1, -0.05) is 12.8 Å². The molecule has 0 radical (unpaired) electrons. The third-order valence-electron chi connectivity index (χ3n) is 5.65. The summed E-state index contributed by atoms with van der Waals surface area (Å²) in [4.78, 5) is 14.5. The van der Waals surface area contributed by atoms with Crippen LogP contribution in [-0.4, -0.2) is 37.8 Å². The summed E-state index contributed by atoms with van der Waals surface area (Å²) in [5.41, 5.74) is -0.381. The Morgan fingerprint density at radius 3 is 2.72 bits per heavy atom. The smallest absolute Gasteiger partial charge is 0.223 e. The Balaban J connectivity index is 1.33. The number of hydrogen-bond acceptors (Lipinski definition) is 5. The molecule has 3 aliphatic rings. The van der Waals surface area contributed by atoms with E-state index in [0.29, 0.717) is 31.7 Å². The lowest BCUT2D eigenvalue weighted by molar-refractivity contribution is -0.133. The minimum Gasteiger partial charge on any atom is -0.333 e. The molecule has 7 nitrogen and oxygen atoms in total. The Kier molecular flexibility index (Phi) is 4.28. The molecule has 1 aromatic heterocycles. The number of carbonyl (C=O) groups is 1. The second kappa shape index (κ2) is 6.58. The average molecular weight is 340 g/mol. The predicted octanol–water partition coefficient (Wildman–Crippen LogP) is 2.63. The molecule has 0 saturated heterocycles. The first-order valence-corrected chi connectivity index (χ1v) is 9.28. The normalized spacial score (nSPS) is 21.2. The van der Waals surface area contributed by atoms with Crippen LogP contribution in [0.15, 0.2) is 10.2 Å². The van der Waals surface area contributed by atoms with Gasteiger partial charge in [-0.05, 0) is 12.8 Å². The first kappa shape index (κ1) is 16.2. The fourth-order valence-electron chi connectivity index (χ4n) is 4.01. The fraction of sp³-hybridized carbons (Fsp3) is 0.722. The van der Waals surface area contributed by atoms with Crippen LogP contribution in [0.1, 0.15) is 68.9 Å². The van der Waals surface area contributed by atoms with Gasteiger partial charge in [0.15, 0.2) is 11.5 Å². The molecule has 7 heteroatoms. The molecule has 1 aliphatic carbocycles. The molecule has 0 spiro atoms. The third kappa shape index (κ3) is 3.30. The molecule has 1 aromatic rings.